The Morgan fingerprint density at radius 2 is 1.85 bits per heavy atom. The number of hydrogen-bond donors (Lipinski definition) is 3. The first-order valence-electron chi connectivity index (χ1n) is 5.93. The zero-order valence-electron chi connectivity index (χ0n) is 10.9. The largest absolute Gasteiger partial charge is 0.508 e. The molecule has 0 aliphatic heterocycles. The maximum atomic E-state index is 9.60. The van der Waals surface area contributed by atoms with Crippen LogP contribution < -0.4 is 4.74 Å². The molecule has 2 aromatic carbocycles. The maximum Gasteiger partial charge on any atom is 0.316 e. The number of benzene rings is 2. The van der Waals surface area contributed by atoms with Crippen LogP contribution in [0.3, 0.4) is 0 Å². The van der Waals surface area contributed by atoms with Gasteiger partial charge in [-0.2, -0.15) is 0 Å². The van der Waals surface area contributed by atoms with Crippen molar-refractivity contribution in [1.29, 1.82) is 0 Å². The first kappa shape index (κ1) is 13.7. The fraction of sp³-hybridized carbons (Fsp3) is 0.133. The predicted octanol–water partition coefficient (Wildman–Crippen LogP) is 2.36. The second-order valence-electron chi connectivity index (χ2n) is 4.17. The topological polar surface area (TPSA) is 81.2 Å². The molecule has 0 spiro atoms. The molecule has 3 N–H and O–H groups in total. The van der Waals surface area contributed by atoms with Crippen LogP contribution in [-0.4, -0.2) is 28.7 Å². The first-order valence-corrected chi connectivity index (χ1v) is 5.93. The van der Waals surface area contributed by atoms with Crippen molar-refractivity contribution in [2.24, 2.45) is 0 Å². The molecular formula is C15H15O5+. The maximum absolute atomic E-state index is 9.60. The number of aldehydes is 1. The van der Waals surface area contributed by atoms with Crippen molar-refractivity contribution >= 4 is 6.29 Å². The molecule has 0 bridgehead atoms. The molecule has 104 valence electrons. The molecule has 0 fully saturated rings. The zero-order valence-corrected chi connectivity index (χ0v) is 10.9. The number of phenols is 3. The van der Waals surface area contributed by atoms with Gasteiger partial charge in [-0.05, 0) is 30.3 Å². The molecule has 0 aromatic heterocycles. The van der Waals surface area contributed by atoms with Gasteiger partial charge in [0, 0.05) is 6.07 Å². The lowest BCUT2D eigenvalue weighted by Gasteiger charge is -2.01. The van der Waals surface area contributed by atoms with E-state index in [2.05, 4.69) is 0 Å². The molecule has 20 heavy (non-hydrogen) atoms. The van der Waals surface area contributed by atoms with Crippen molar-refractivity contribution in [2.45, 2.75) is 6.61 Å². The average molecular weight is 275 g/mol. The number of methoxy groups -OCH3 is 1. The number of phenolic OH excluding ortho intramolecular Hbond substituents is 3. The van der Waals surface area contributed by atoms with Crippen LogP contribution in [0.2, 0.25) is 0 Å². The molecule has 5 nitrogen and oxygen atoms in total. The van der Waals surface area contributed by atoms with Crippen LogP contribution in [0.15, 0.2) is 36.4 Å². The molecule has 0 unspecified atom stereocenters. The molecule has 2 rings (SSSR count). The summed E-state index contributed by atoms with van der Waals surface area (Å²) in [6.45, 7) is 0.162. The number of rotatable bonds is 4. The van der Waals surface area contributed by atoms with Gasteiger partial charge in [0.15, 0.2) is 11.5 Å². The summed E-state index contributed by atoms with van der Waals surface area (Å²) in [5.74, 6) is 0.385. The third-order valence-electron chi connectivity index (χ3n) is 2.73. The Bertz CT molecular complexity index is 634. The molecule has 0 saturated carbocycles. The fourth-order valence-electron chi connectivity index (χ4n) is 1.67. The van der Waals surface area contributed by atoms with Crippen molar-refractivity contribution in [3.63, 3.8) is 0 Å². The Labute approximate surface area is 116 Å². The summed E-state index contributed by atoms with van der Waals surface area (Å²) in [6, 6.07) is 9.12. The van der Waals surface area contributed by atoms with Crippen LogP contribution in [0.4, 0.5) is 0 Å². The fourth-order valence-corrected chi connectivity index (χ4v) is 1.67. The standard InChI is InChI=1S/C15H14O5/c1-19-15-6-10(2-5-13(15)17)8-20-9-11-3-4-12(16)7-14(11)18/h2-8H,9H2,1H3,(H2-,16,17,18)/p+1. The monoisotopic (exact) mass is 275 g/mol. The lowest BCUT2D eigenvalue weighted by Crippen LogP contribution is -1.89. The summed E-state index contributed by atoms with van der Waals surface area (Å²) >= 11 is 0. The smallest absolute Gasteiger partial charge is 0.316 e. The Kier molecular flexibility index (Phi) is 4.10. The Hall–Kier alpha value is -2.69. The SMILES string of the molecule is COc1cc(C=[O+]Cc2ccc(O)cc2O)ccc1O. The van der Waals surface area contributed by atoms with Crippen LogP contribution in [0, 0.1) is 0 Å². The Balaban J connectivity index is 2.10. The van der Waals surface area contributed by atoms with E-state index in [1.54, 1.807) is 18.2 Å². The van der Waals surface area contributed by atoms with E-state index in [4.69, 9.17) is 9.16 Å². The van der Waals surface area contributed by atoms with E-state index in [0.29, 0.717) is 11.3 Å². The first-order chi connectivity index (χ1) is 9.60. The van der Waals surface area contributed by atoms with Crippen molar-refractivity contribution in [2.75, 3.05) is 7.11 Å². The third kappa shape index (κ3) is 3.20. The molecular weight excluding hydrogens is 260 g/mol. The van der Waals surface area contributed by atoms with Crippen LogP contribution in [0.25, 0.3) is 0 Å². The van der Waals surface area contributed by atoms with Gasteiger partial charge in [0.25, 0.3) is 6.61 Å². The summed E-state index contributed by atoms with van der Waals surface area (Å²) in [5.41, 5.74) is 1.28. The minimum absolute atomic E-state index is 0.00139. The quantitative estimate of drug-likeness (QED) is 0.591. The summed E-state index contributed by atoms with van der Waals surface area (Å²) in [6.07, 6.45) is 1.49. The van der Waals surface area contributed by atoms with E-state index in [1.807, 2.05) is 0 Å². The highest BCUT2D eigenvalue weighted by molar-refractivity contribution is 5.76. The summed E-state index contributed by atoms with van der Waals surface area (Å²) in [5, 5.41) is 28.2. The van der Waals surface area contributed by atoms with E-state index in [-0.39, 0.29) is 23.9 Å². The molecule has 0 aliphatic rings. The lowest BCUT2D eigenvalue weighted by atomic mass is 10.2. The molecule has 0 atom stereocenters. The second-order valence-corrected chi connectivity index (χ2v) is 4.17. The van der Waals surface area contributed by atoms with Gasteiger partial charge in [-0.1, -0.05) is 0 Å². The number of carbonyl (C=O) groups excluding carboxylic acids is 1. The molecule has 0 aliphatic carbocycles. The van der Waals surface area contributed by atoms with Gasteiger partial charge in [0.1, 0.15) is 11.5 Å². The summed E-state index contributed by atoms with van der Waals surface area (Å²) in [4.78, 5) is 0. The summed E-state index contributed by atoms with van der Waals surface area (Å²) < 4.78 is 10.4. The molecule has 0 heterocycles. The molecule has 5 heteroatoms. The van der Waals surface area contributed by atoms with E-state index >= 15 is 0 Å². The second kappa shape index (κ2) is 5.97. The van der Waals surface area contributed by atoms with Crippen LogP contribution in [-0.2, 0) is 6.61 Å². The third-order valence-corrected chi connectivity index (χ3v) is 2.73. The number of hydrogen-bond acceptors (Lipinski definition) is 4. The van der Waals surface area contributed by atoms with Crippen LogP contribution >= 0.6 is 0 Å². The van der Waals surface area contributed by atoms with Gasteiger partial charge in [0.2, 0.25) is 0 Å². The minimum atomic E-state index is -0.0262. The predicted molar refractivity (Wildman–Crippen MR) is 73.5 cm³/mol. The average Bonchev–Trinajstić information content (AvgIpc) is 2.43. The molecule has 0 saturated heterocycles. The van der Waals surface area contributed by atoms with Gasteiger partial charge in [-0.3, -0.25) is 4.42 Å². The normalized spacial score (nSPS) is 10.8. The van der Waals surface area contributed by atoms with Gasteiger partial charge in [0.05, 0.1) is 18.2 Å². The van der Waals surface area contributed by atoms with Crippen molar-refractivity contribution in [1.82, 2.24) is 0 Å². The van der Waals surface area contributed by atoms with E-state index in [0.717, 1.165) is 5.56 Å². The van der Waals surface area contributed by atoms with Gasteiger partial charge >= 0.3 is 6.29 Å². The van der Waals surface area contributed by atoms with Crippen LogP contribution in [0.5, 0.6) is 23.0 Å². The minimum Gasteiger partial charge on any atom is -0.508 e. The van der Waals surface area contributed by atoms with E-state index < -0.39 is 0 Å². The zero-order chi connectivity index (χ0) is 14.5. The van der Waals surface area contributed by atoms with Gasteiger partial charge in [-0.25, -0.2) is 0 Å². The highest BCUT2D eigenvalue weighted by atomic mass is 16.5. The van der Waals surface area contributed by atoms with Gasteiger partial charge in [-0.15, -0.1) is 0 Å². The number of aromatic hydroxyl groups is 3. The Morgan fingerprint density at radius 3 is 2.55 bits per heavy atom. The highest BCUT2D eigenvalue weighted by Crippen LogP contribution is 2.26. The molecule has 0 amide bonds. The van der Waals surface area contributed by atoms with Crippen molar-refractivity contribution in [3.05, 3.63) is 47.5 Å². The Morgan fingerprint density at radius 1 is 1.05 bits per heavy atom. The number of ether oxygens (including phenoxy) is 1. The summed E-state index contributed by atoms with van der Waals surface area (Å²) in [7, 11) is 1.47. The van der Waals surface area contributed by atoms with Crippen molar-refractivity contribution in [3.8, 4) is 23.0 Å². The molecule has 2 aromatic rings. The van der Waals surface area contributed by atoms with Gasteiger partial charge < -0.3 is 20.1 Å². The van der Waals surface area contributed by atoms with E-state index in [9.17, 15) is 15.3 Å². The van der Waals surface area contributed by atoms with Crippen LogP contribution in [0.1, 0.15) is 15.6 Å². The lowest BCUT2D eigenvalue weighted by molar-refractivity contribution is -0.282. The highest BCUT2D eigenvalue weighted by Gasteiger charge is 2.08. The molecule has 0 radical (unpaired) electrons. The van der Waals surface area contributed by atoms with E-state index in [1.165, 1.54) is 31.6 Å². The van der Waals surface area contributed by atoms with Crippen molar-refractivity contribution < 1.29 is 24.5 Å².